The molecule has 4 nitrogen and oxygen atoms in total. The summed E-state index contributed by atoms with van der Waals surface area (Å²) in [5.74, 6) is 0. The van der Waals surface area contributed by atoms with E-state index in [-0.39, 0.29) is 0 Å². The van der Waals surface area contributed by atoms with Crippen molar-refractivity contribution in [2.75, 3.05) is 4.90 Å². The second kappa shape index (κ2) is 12.7. The average Bonchev–Trinajstić information content (AvgIpc) is 4.00. The van der Waals surface area contributed by atoms with E-state index in [1.807, 2.05) is 0 Å². The zero-order valence-corrected chi connectivity index (χ0v) is 32.3. The lowest BCUT2D eigenvalue weighted by molar-refractivity contribution is 0.672. The molecule has 13 rings (SSSR count). The van der Waals surface area contributed by atoms with E-state index < -0.39 is 0 Å². The number of furan rings is 2. The summed E-state index contributed by atoms with van der Waals surface area (Å²) in [4.78, 5) is 2.39. The standard InChI is InChI=1S/C56H34N2O2/c1-2-14-39(15-3-1)57-48-20-9-8-18-46(48)53-49(57)21-11-22-50(53)58(51-23-10-19-43-44-31-26-37-13-5-7-17-42(37)55(44)60-56(43)51)40-29-24-35(25-30-40)38-28-33-52-47(34-38)45-32-27-36-12-4-6-16-41(36)54(45)59-52/h1-34H. The van der Waals surface area contributed by atoms with Gasteiger partial charge >= 0.3 is 0 Å². The maximum absolute atomic E-state index is 7.03. The Labute approximate surface area is 344 Å². The van der Waals surface area contributed by atoms with Gasteiger partial charge in [-0.2, -0.15) is 0 Å². The Hall–Kier alpha value is -8.08. The summed E-state index contributed by atoms with van der Waals surface area (Å²) in [6, 6.07) is 73.7. The maximum atomic E-state index is 7.03. The Morgan fingerprint density at radius 1 is 0.350 bits per heavy atom. The van der Waals surface area contributed by atoms with Crippen LogP contribution in [0.2, 0.25) is 0 Å². The van der Waals surface area contributed by atoms with Crippen LogP contribution >= 0.6 is 0 Å². The van der Waals surface area contributed by atoms with Gasteiger partial charge in [-0.05, 0) is 94.7 Å². The number of para-hydroxylation sites is 3. The SMILES string of the molecule is c1ccc(-n2c3ccccc3c3c(N(c4ccc(-c5ccc6oc7c8ccccc8ccc7c6c5)cc4)c4cccc5c4oc4c6ccccc6ccc54)cccc32)cc1. The number of hydrogen-bond acceptors (Lipinski definition) is 3. The largest absolute Gasteiger partial charge is 0.455 e. The molecule has 4 heteroatoms. The third-order valence-corrected chi connectivity index (χ3v) is 12.4. The van der Waals surface area contributed by atoms with E-state index in [0.717, 1.165) is 105 Å². The summed E-state index contributed by atoms with van der Waals surface area (Å²) in [6.45, 7) is 0. The third kappa shape index (κ3) is 4.79. The second-order valence-electron chi connectivity index (χ2n) is 15.6. The summed E-state index contributed by atoms with van der Waals surface area (Å²) >= 11 is 0. The Balaban J connectivity index is 1.04. The van der Waals surface area contributed by atoms with Crippen LogP contribution in [0.15, 0.2) is 215 Å². The van der Waals surface area contributed by atoms with E-state index in [1.165, 1.54) is 16.2 Å². The lowest BCUT2D eigenvalue weighted by Crippen LogP contribution is -2.10. The lowest BCUT2D eigenvalue weighted by Gasteiger charge is -2.27. The second-order valence-corrected chi connectivity index (χ2v) is 15.6. The Morgan fingerprint density at radius 2 is 0.933 bits per heavy atom. The molecule has 0 spiro atoms. The molecule has 0 radical (unpaired) electrons. The number of rotatable bonds is 5. The van der Waals surface area contributed by atoms with E-state index in [2.05, 4.69) is 216 Å². The van der Waals surface area contributed by atoms with Crippen molar-refractivity contribution in [1.82, 2.24) is 4.57 Å². The number of fused-ring (bicyclic) bond motifs is 13. The minimum atomic E-state index is 0.849. The van der Waals surface area contributed by atoms with Gasteiger partial charge < -0.3 is 18.3 Å². The highest BCUT2D eigenvalue weighted by atomic mass is 16.3. The van der Waals surface area contributed by atoms with Crippen molar-refractivity contribution in [3.8, 4) is 16.8 Å². The summed E-state index contributed by atoms with van der Waals surface area (Å²) in [6.07, 6.45) is 0. The van der Waals surface area contributed by atoms with Gasteiger partial charge in [0.2, 0.25) is 0 Å². The van der Waals surface area contributed by atoms with Crippen LogP contribution in [0.1, 0.15) is 0 Å². The molecule has 0 N–H and O–H groups in total. The van der Waals surface area contributed by atoms with Gasteiger partial charge in [0.05, 0.1) is 22.4 Å². The maximum Gasteiger partial charge on any atom is 0.159 e. The van der Waals surface area contributed by atoms with E-state index in [1.54, 1.807) is 0 Å². The van der Waals surface area contributed by atoms with E-state index in [4.69, 9.17) is 8.83 Å². The van der Waals surface area contributed by atoms with Crippen LogP contribution in [0.4, 0.5) is 17.1 Å². The van der Waals surface area contributed by atoms with Gasteiger partial charge in [-0.3, -0.25) is 0 Å². The number of benzene rings is 10. The van der Waals surface area contributed by atoms with Gasteiger partial charge in [0.1, 0.15) is 16.7 Å². The molecular formula is C56H34N2O2. The summed E-state index contributed by atoms with van der Waals surface area (Å²) in [5, 5.41) is 11.4. The zero-order chi connectivity index (χ0) is 39.3. The van der Waals surface area contributed by atoms with Crippen molar-refractivity contribution in [2.45, 2.75) is 0 Å². The minimum Gasteiger partial charge on any atom is -0.455 e. The summed E-state index contributed by atoms with van der Waals surface area (Å²) in [5.41, 5.74) is 12.3. The highest BCUT2D eigenvalue weighted by Gasteiger charge is 2.24. The van der Waals surface area contributed by atoms with E-state index >= 15 is 0 Å². The molecule has 0 bridgehead atoms. The molecule has 3 heterocycles. The van der Waals surface area contributed by atoms with Gasteiger partial charge in [-0.25, -0.2) is 0 Å². The average molecular weight is 767 g/mol. The van der Waals surface area contributed by atoms with Gasteiger partial charge in [0.15, 0.2) is 5.58 Å². The van der Waals surface area contributed by atoms with Crippen LogP contribution in [-0.2, 0) is 0 Å². The van der Waals surface area contributed by atoms with Crippen LogP contribution in [-0.4, -0.2) is 4.57 Å². The molecule has 280 valence electrons. The lowest BCUT2D eigenvalue weighted by atomic mass is 10.0. The molecule has 0 aliphatic heterocycles. The molecule has 0 saturated heterocycles. The van der Waals surface area contributed by atoms with Crippen molar-refractivity contribution < 1.29 is 8.83 Å². The first-order valence-corrected chi connectivity index (χ1v) is 20.4. The van der Waals surface area contributed by atoms with Gasteiger partial charge in [-0.15, -0.1) is 0 Å². The molecule has 0 amide bonds. The number of hydrogen-bond donors (Lipinski definition) is 0. The molecular weight excluding hydrogens is 733 g/mol. The Bertz CT molecular complexity index is 3830. The quantitative estimate of drug-likeness (QED) is 0.175. The Morgan fingerprint density at radius 3 is 1.72 bits per heavy atom. The molecule has 0 saturated carbocycles. The van der Waals surface area contributed by atoms with Gasteiger partial charge in [0, 0.05) is 54.5 Å². The van der Waals surface area contributed by atoms with Gasteiger partial charge in [0.25, 0.3) is 0 Å². The number of nitrogens with zero attached hydrogens (tertiary/aromatic N) is 2. The fourth-order valence-corrected chi connectivity index (χ4v) is 9.62. The molecule has 0 unspecified atom stereocenters. The molecule has 60 heavy (non-hydrogen) atoms. The Kier molecular flexibility index (Phi) is 6.98. The first-order chi connectivity index (χ1) is 29.8. The number of anilines is 3. The van der Waals surface area contributed by atoms with E-state index in [9.17, 15) is 0 Å². The molecule has 0 fully saturated rings. The van der Waals surface area contributed by atoms with Crippen LogP contribution in [0, 0.1) is 0 Å². The van der Waals surface area contributed by atoms with Crippen molar-refractivity contribution in [3.63, 3.8) is 0 Å². The van der Waals surface area contributed by atoms with E-state index in [0.29, 0.717) is 0 Å². The zero-order valence-electron chi connectivity index (χ0n) is 32.3. The van der Waals surface area contributed by atoms with Crippen molar-refractivity contribution >= 4 is 104 Å². The normalized spacial score (nSPS) is 12.0. The topological polar surface area (TPSA) is 34.5 Å². The van der Waals surface area contributed by atoms with Crippen LogP contribution in [0.25, 0.3) is 104 Å². The molecule has 0 aliphatic carbocycles. The third-order valence-electron chi connectivity index (χ3n) is 12.4. The number of aromatic nitrogens is 1. The monoisotopic (exact) mass is 766 g/mol. The minimum absolute atomic E-state index is 0.849. The summed E-state index contributed by atoms with van der Waals surface area (Å²) < 4.78 is 15.9. The molecule has 13 aromatic rings. The van der Waals surface area contributed by atoms with Crippen LogP contribution < -0.4 is 4.90 Å². The van der Waals surface area contributed by atoms with Crippen LogP contribution in [0.5, 0.6) is 0 Å². The molecule has 0 atom stereocenters. The first-order valence-electron chi connectivity index (χ1n) is 20.4. The van der Waals surface area contributed by atoms with Crippen molar-refractivity contribution in [2.24, 2.45) is 0 Å². The smallest absolute Gasteiger partial charge is 0.159 e. The predicted molar refractivity (Wildman–Crippen MR) is 250 cm³/mol. The predicted octanol–water partition coefficient (Wildman–Crippen LogP) is 16.0. The fraction of sp³-hybridized carbons (Fsp3) is 0. The summed E-state index contributed by atoms with van der Waals surface area (Å²) in [7, 11) is 0. The fourth-order valence-electron chi connectivity index (χ4n) is 9.62. The molecule has 0 aliphatic rings. The molecule has 10 aromatic carbocycles. The highest BCUT2D eigenvalue weighted by Crippen LogP contribution is 2.48. The molecule has 3 aromatic heterocycles. The van der Waals surface area contributed by atoms with Crippen molar-refractivity contribution in [1.29, 1.82) is 0 Å². The van der Waals surface area contributed by atoms with Crippen molar-refractivity contribution in [3.05, 3.63) is 206 Å². The first kappa shape index (κ1) is 32.9. The highest BCUT2D eigenvalue weighted by molar-refractivity contribution is 6.21. The van der Waals surface area contributed by atoms with Crippen LogP contribution in [0.3, 0.4) is 0 Å². The van der Waals surface area contributed by atoms with Gasteiger partial charge in [-0.1, -0.05) is 133 Å².